The SMILES string of the molecule is CC(=O)c1ccc(NC(=O)COC(=O)c2cn(-c3ccccc3)nc2-c2ccccc2)cc1. The van der Waals surface area contributed by atoms with E-state index < -0.39 is 18.5 Å². The lowest BCUT2D eigenvalue weighted by Gasteiger charge is -2.07. The second-order valence-electron chi connectivity index (χ2n) is 7.30. The first-order valence-electron chi connectivity index (χ1n) is 10.3. The molecule has 4 rings (SSSR count). The number of para-hydroxylation sites is 1. The maximum atomic E-state index is 12.9. The monoisotopic (exact) mass is 439 g/mol. The van der Waals surface area contributed by atoms with Crippen molar-refractivity contribution in [3.8, 4) is 16.9 Å². The van der Waals surface area contributed by atoms with Gasteiger partial charge in [-0.15, -0.1) is 0 Å². The molecule has 1 N–H and O–H groups in total. The summed E-state index contributed by atoms with van der Waals surface area (Å²) in [6.45, 7) is 1.01. The van der Waals surface area contributed by atoms with Crippen LogP contribution < -0.4 is 5.32 Å². The molecule has 0 saturated heterocycles. The molecule has 4 aromatic rings. The Bertz CT molecular complexity index is 1280. The van der Waals surface area contributed by atoms with E-state index in [4.69, 9.17) is 4.74 Å². The van der Waals surface area contributed by atoms with Gasteiger partial charge in [-0.1, -0.05) is 48.5 Å². The maximum absolute atomic E-state index is 12.9. The van der Waals surface area contributed by atoms with Gasteiger partial charge in [0.1, 0.15) is 11.3 Å². The van der Waals surface area contributed by atoms with Crippen molar-refractivity contribution >= 4 is 23.3 Å². The van der Waals surface area contributed by atoms with E-state index >= 15 is 0 Å². The first-order valence-corrected chi connectivity index (χ1v) is 10.3. The van der Waals surface area contributed by atoms with E-state index in [1.54, 1.807) is 35.1 Å². The predicted molar refractivity (Wildman–Crippen MR) is 124 cm³/mol. The minimum atomic E-state index is -0.655. The van der Waals surface area contributed by atoms with Crippen molar-refractivity contribution in [2.75, 3.05) is 11.9 Å². The number of nitrogens with one attached hydrogen (secondary N) is 1. The number of hydrogen-bond acceptors (Lipinski definition) is 5. The molecule has 0 aliphatic carbocycles. The largest absolute Gasteiger partial charge is 0.452 e. The molecule has 0 atom stereocenters. The van der Waals surface area contributed by atoms with E-state index in [1.807, 2.05) is 60.7 Å². The molecule has 0 saturated carbocycles. The summed E-state index contributed by atoms with van der Waals surface area (Å²) in [7, 11) is 0. The van der Waals surface area contributed by atoms with Crippen molar-refractivity contribution in [2.45, 2.75) is 6.92 Å². The Morgan fingerprint density at radius 3 is 2.15 bits per heavy atom. The number of carbonyl (C=O) groups excluding carboxylic acids is 3. The Morgan fingerprint density at radius 2 is 1.52 bits per heavy atom. The number of aromatic nitrogens is 2. The Hall–Kier alpha value is -4.52. The minimum Gasteiger partial charge on any atom is -0.452 e. The summed E-state index contributed by atoms with van der Waals surface area (Å²) in [5.41, 5.74) is 3.31. The highest BCUT2D eigenvalue weighted by molar-refractivity contribution is 5.99. The summed E-state index contributed by atoms with van der Waals surface area (Å²) in [6.07, 6.45) is 1.60. The number of nitrogens with zero attached hydrogens (tertiary/aromatic N) is 2. The number of esters is 1. The van der Waals surface area contributed by atoms with Gasteiger partial charge < -0.3 is 10.1 Å². The van der Waals surface area contributed by atoms with Crippen LogP contribution in [-0.4, -0.2) is 34.0 Å². The van der Waals surface area contributed by atoms with E-state index in [0.29, 0.717) is 16.9 Å². The van der Waals surface area contributed by atoms with E-state index in [-0.39, 0.29) is 11.3 Å². The van der Waals surface area contributed by atoms with E-state index in [2.05, 4.69) is 10.4 Å². The van der Waals surface area contributed by atoms with Gasteiger partial charge in [-0.3, -0.25) is 9.59 Å². The zero-order valence-corrected chi connectivity index (χ0v) is 17.9. The number of carbonyl (C=O) groups is 3. The normalized spacial score (nSPS) is 10.5. The summed E-state index contributed by atoms with van der Waals surface area (Å²) < 4.78 is 6.88. The molecule has 0 fully saturated rings. The summed E-state index contributed by atoms with van der Waals surface area (Å²) in [5.74, 6) is -1.21. The van der Waals surface area contributed by atoms with Gasteiger partial charge in [0.05, 0.1) is 5.69 Å². The molecule has 164 valence electrons. The van der Waals surface area contributed by atoms with Crippen LogP contribution in [0.3, 0.4) is 0 Å². The predicted octanol–water partition coefficient (Wildman–Crippen LogP) is 4.54. The molecule has 7 nitrogen and oxygen atoms in total. The van der Waals surface area contributed by atoms with Crippen molar-refractivity contribution < 1.29 is 19.1 Å². The van der Waals surface area contributed by atoms with Gasteiger partial charge in [0.2, 0.25) is 0 Å². The molecule has 1 heterocycles. The smallest absolute Gasteiger partial charge is 0.342 e. The van der Waals surface area contributed by atoms with Gasteiger partial charge in [0.25, 0.3) is 5.91 Å². The van der Waals surface area contributed by atoms with Gasteiger partial charge in [-0.05, 0) is 43.3 Å². The second-order valence-corrected chi connectivity index (χ2v) is 7.30. The van der Waals surface area contributed by atoms with Gasteiger partial charge in [0.15, 0.2) is 12.4 Å². The lowest BCUT2D eigenvalue weighted by molar-refractivity contribution is -0.119. The number of benzene rings is 3. The Balaban J connectivity index is 1.49. The lowest BCUT2D eigenvalue weighted by atomic mass is 10.1. The lowest BCUT2D eigenvalue weighted by Crippen LogP contribution is -2.21. The molecule has 33 heavy (non-hydrogen) atoms. The third kappa shape index (κ3) is 5.22. The number of hydrogen-bond donors (Lipinski definition) is 1. The van der Waals surface area contributed by atoms with Gasteiger partial charge >= 0.3 is 5.97 Å². The summed E-state index contributed by atoms with van der Waals surface area (Å²) in [4.78, 5) is 36.5. The third-order valence-corrected chi connectivity index (χ3v) is 4.91. The highest BCUT2D eigenvalue weighted by atomic mass is 16.5. The van der Waals surface area contributed by atoms with Crippen LogP contribution in [0, 0.1) is 0 Å². The number of ketones is 1. The molecular weight excluding hydrogens is 418 g/mol. The first kappa shape index (κ1) is 21.7. The van der Waals surface area contributed by atoms with Crippen LogP contribution >= 0.6 is 0 Å². The number of anilines is 1. The topological polar surface area (TPSA) is 90.3 Å². The average molecular weight is 439 g/mol. The molecule has 0 radical (unpaired) electrons. The third-order valence-electron chi connectivity index (χ3n) is 4.91. The van der Waals surface area contributed by atoms with Gasteiger partial charge in [-0.2, -0.15) is 5.10 Å². The highest BCUT2D eigenvalue weighted by Gasteiger charge is 2.21. The quantitative estimate of drug-likeness (QED) is 0.337. The van der Waals surface area contributed by atoms with Crippen LogP contribution in [0.15, 0.2) is 91.1 Å². The molecule has 1 amide bonds. The van der Waals surface area contributed by atoms with Crippen LogP contribution in [0.1, 0.15) is 27.6 Å². The molecule has 0 aliphatic heterocycles. The van der Waals surface area contributed by atoms with Crippen LogP contribution in [-0.2, 0) is 9.53 Å². The van der Waals surface area contributed by atoms with Crippen molar-refractivity contribution in [3.63, 3.8) is 0 Å². The molecule has 7 heteroatoms. The molecule has 3 aromatic carbocycles. The highest BCUT2D eigenvalue weighted by Crippen LogP contribution is 2.24. The fraction of sp³-hybridized carbons (Fsp3) is 0.0769. The Morgan fingerprint density at radius 1 is 0.879 bits per heavy atom. The molecular formula is C26H21N3O4. The van der Waals surface area contributed by atoms with Crippen LogP contribution in [0.25, 0.3) is 16.9 Å². The number of rotatable bonds is 7. The van der Waals surface area contributed by atoms with E-state index in [0.717, 1.165) is 11.3 Å². The number of amides is 1. The maximum Gasteiger partial charge on any atom is 0.342 e. The van der Waals surface area contributed by atoms with E-state index in [9.17, 15) is 14.4 Å². The number of Topliss-reactive ketones (excluding diaryl/α,β-unsaturated/α-hetero) is 1. The van der Waals surface area contributed by atoms with Gasteiger partial charge in [0, 0.05) is 23.0 Å². The minimum absolute atomic E-state index is 0.0629. The Kier molecular flexibility index (Phi) is 6.40. The van der Waals surface area contributed by atoms with E-state index in [1.165, 1.54) is 6.92 Å². The summed E-state index contributed by atoms with van der Waals surface area (Å²) in [6, 6.07) is 25.2. The second kappa shape index (κ2) is 9.74. The van der Waals surface area contributed by atoms with Gasteiger partial charge in [-0.25, -0.2) is 9.48 Å². The standard InChI is InChI=1S/C26H21N3O4/c1-18(30)19-12-14-21(15-13-19)27-24(31)17-33-26(32)23-16-29(22-10-6-3-7-11-22)28-25(23)20-8-4-2-5-9-20/h2-16H,17H2,1H3,(H,27,31). The zero-order valence-electron chi connectivity index (χ0n) is 17.9. The Labute approximate surface area is 190 Å². The molecule has 0 spiro atoms. The average Bonchev–Trinajstić information content (AvgIpc) is 3.30. The van der Waals surface area contributed by atoms with Crippen molar-refractivity contribution in [2.24, 2.45) is 0 Å². The van der Waals surface area contributed by atoms with Crippen LogP contribution in [0.2, 0.25) is 0 Å². The van der Waals surface area contributed by atoms with Crippen molar-refractivity contribution in [1.82, 2.24) is 9.78 Å². The molecule has 0 bridgehead atoms. The zero-order chi connectivity index (χ0) is 23.2. The molecule has 0 aliphatic rings. The van der Waals surface area contributed by atoms with Crippen molar-refractivity contribution in [1.29, 1.82) is 0 Å². The summed E-state index contributed by atoms with van der Waals surface area (Å²) in [5, 5.41) is 7.22. The molecule has 1 aromatic heterocycles. The van der Waals surface area contributed by atoms with Crippen LogP contribution in [0.4, 0.5) is 5.69 Å². The van der Waals surface area contributed by atoms with Crippen LogP contribution in [0.5, 0.6) is 0 Å². The number of ether oxygens (including phenoxy) is 1. The fourth-order valence-corrected chi connectivity index (χ4v) is 3.24. The van der Waals surface area contributed by atoms with Crippen molar-refractivity contribution in [3.05, 3.63) is 102 Å². The fourth-order valence-electron chi connectivity index (χ4n) is 3.24. The first-order chi connectivity index (χ1) is 16.0. The molecule has 0 unspecified atom stereocenters. The summed E-state index contributed by atoms with van der Waals surface area (Å²) >= 11 is 0.